The molecule has 0 aliphatic carbocycles. The lowest BCUT2D eigenvalue weighted by molar-refractivity contribution is 0.0954. The van der Waals surface area contributed by atoms with Gasteiger partial charge >= 0.3 is 0 Å². The van der Waals surface area contributed by atoms with Crippen molar-refractivity contribution in [1.29, 1.82) is 0 Å². The summed E-state index contributed by atoms with van der Waals surface area (Å²) < 4.78 is 0. The Bertz CT molecular complexity index is 705. The average Bonchev–Trinajstić information content (AvgIpc) is 2.57. The summed E-state index contributed by atoms with van der Waals surface area (Å²) in [7, 11) is 4.03. The van der Waals surface area contributed by atoms with Crippen molar-refractivity contribution < 1.29 is 4.79 Å². The van der Waals surface area contributed by atoms with E-state index in [1.165, 1.54) is 0 Å². The monoisotopic (exact) mass is 380 g/mol. The van der Waals surface area contributed by atoms with Gasteiger partial charge in [0.05, 0.1) is 5.56 Å². The smallest absolute Gasteiger partial charge is 0.252 e. The van der Waals surface area contributed by atoms with E-state index in [1.807, 2.05) is 20.2 Å². The van der Waals surface area contributed by atoms with Gasteiger partial charge in [-0.05, 0) is 50.3 Å². The molecule has 0 bridgehead atoms. The number of anilines is 1. The van der Waals surface area contributed by atoms with Crippen LogP contribution in [-0.2, 0) is 6.42 Å². The number of carbonyl (C=O) groups is 1. The number of rotatable bonds is 8. The van der Waals surface area contributed by atoms with Crippen molar-refractivity contribution in [3.8, 4) is 0 Å². The number of benzene rings is 1. The number of nitrogens with one attached hydrogen (secondary N) is 2. The number of amides is 1. The first-order valence-electron chi connectivity index (χ1n) is 8.02. The molecule has 0 saturated carbocycles. The second kappa shape index (κ2) is 9.61. The fourth-order valence-corrected chi connectivity index (χ4v) is 2.68. The van der Waals surface area contributed by atoms with Crippen LogP contribution in [0.1, 0.15) is 15.9 Å². The van der Waals surface area contributed by atoms with E-state index in [1.54, 1.807) is 30.5 Å². The number of likely N-dealkylation sites (N-methyl/N-ethyl adjacent to an activating group) is 1. The Morgan fingerprint density at radius 1 is 1.16 bits per heavy atom. The molecule has 5 nitrogen and oxygen atoms in total. The molecule has 0 atom stereocenters. The zero-order valence-electron chi connectivity index (χ0n) is 14.4. The largest absolute Gasteiger partial charge is 0.369 e. The van der Waals surface area contributed by atoms with Crippen LogP contribution in [0.25, 0.3) is 0 Å². The summed E-state index contributed by atoms with van der Waals surface area (Å²) >= 11 is 12.0. The Labute approximate surface area is 158 Å². The van der Waals surface area contributed by atoms with Gasteiger partial charge in [0.15, 0.2) is 0 Å². The van der Waals surface area contributed by atoms with Crippen molar-refractivity contribution >= 4 is 34.9 Å². The fourth-order valence-electron chi connectivity index (χ4n) is 2.18. The number of nitrogens with zero attached hydrogens (tertiary/aromatic N) is 2. The Morgan fingerprint density at radius 2 is 1.96 bits per heavy atom. The van der Waals surface area contributed by atoms with Crippen LogP contribution in [-0.4, -0.2) is 49.5 Å². The van der Waals surface area contributed by atoms with Crippen molar-refractivity contribution in [3.63, 3.8) is 0 Å². The highest BCUT2D eigenvalue weighted by Crippen LogP contribution is 2.21. The molecule has 0 aliphatic rings. The zero-order valence-corrected chi connectivity index (χ0v) is 15.9. The van der Waals surface area contributed by atoms with Gasteiger partial charge in [-0.2, -0.15) is 0 Å². The standard InChI is InChI=1S/C18H22Cl2N4O/c1-24(2)10-9-21-17-6-4-14(12-23-17)18(25)22-8-7-13-3-5-15(19)11-16(13)20/h3-6,11-12H,7-10H2,1-2H3,(H,21,23)(H,22,25). The first kappa shape index (κ1) is 19.5. The van der Waals surface area contributed by atoms with Crippen molar-refractivity contribution in [1.82, 2.24) is 15.2 Å². The van der Waals surface area contributed by atoms with E-state index in [2.05, 4.69) is 20.5 Å². The lowest BCUT2D eigenvalue weighted by Crippen LogP contribution is -2.26. The lowest BCUT2D eigenvalue weighted by Gasteiger charge is -2.11. The average molecular weight is 381 g/mol. The molecule has 134 valence electrons. The first-order chi connectivity index (χ1) is 12.0. The molecule has 0 fully saturated rings. The van der Waals surface area contributed by atoms with Crippen molar-refractivity contribution in [3.05, 3.63) is 57.7 Å². The molecule has 0 aliphatic heterocycles. The van der Waals surface area contributed by atoms with Gasteiger partial charge in [-0.15, -0.1) is 0 Å². The Hall–Kier alpha value is -1.82. The Balaban J connectivity index is 1.80. The van der Waals surface area contributed by atoms with E-state index in [9.17, 15) is 4.79 Å². The number of pyridine rings is 1. The molecule has 2 N–H and O–H groups in total. The molecular weight excluding hydrogens is 359 g/mol. The predicted molar refractivity (Wildman–Crippen MR) is 104 cm³/mol. The molecule has 7 heteroatoms. The summed E-state index contributed by atoms with van der Waals surface area (Å²) in [5, 5.41) is 7.28. The van der Waals surface area contributed by atoms with Crippen LogP contribution in [0, 0.1) is 0 Å². The van der Waals surface area contributed by atoms with Crippen molar-refractivity contribution in [2.75, 3.05) is 39.0 Å². The molecule has 0 spiro atoms. The second-order valence-electron chi connectivity index (χ2n) is 5.90. The third-order valence-corrected chi connectivity index (χ3v) is 4.17. The molecule has 1 aromatic carbocycles. The molecule has 2 aromatic rings. The van der Waals surface area contributed by atoms with Gasteiger partial charge in [0.2, 0.25) is 0 Å². The minimum atomic E-state index is -0.155. The topological polar surface area (TPSA) is 57.3 Å². The molecule has 25 heavy (non-hydrogen) atoms. The number of hydrogen-bond acceptors (Lipinski definition) is 4. The summed E-state index contributed by atoms with van der Waals surface area (Å²) in [4.78, 5) is 18.5. The molecule has 1 heterocycles. The van der Waals surface area contributed by atoms with Crippen molar-refractivity contribution in [2.24, 2.45) is 0 Å². The predicted octanol–water partition coefficient (Wildman–Crippen LogP) is 3.33. The molecule has 0 unspecified atom stereocenters. The van der Waals surface area contributed by atoms with Crippen molar-refractivity contribution in [2.45, 2.75) is 6.42 Å². The third-order valence-electron chi connectivity index (χ3n) is 3.59. The van der Waals surface area contributed by atoms with Crippen LogP contribution in [0.5, 0.6) is 0 Å². The summed E-state index contributed by atoms with van der Waals surface area (Å²) in [6.45, 7) is 2.20. The van der Waals surface area contributed by atoms with E-state index in [0.717, 1.165) is 24.5 Å². The third kappa shape index (κ3) is 6.53. The molecule has 1 amide bonds. The fraction of sp³-hybridized carbons (Fsp3) is 0.333. The highest BCUT2D eigenvalue weighted by Gasteiger charge is 2.07. The summed E-state index contributed by atoms with van der Waals surface area (Å²) in [5.74, 6) is 0.601. The molecule has 1 aromatic heterocycles. The van der Waals surface area contributed by atoms with E-state index >= 15 is 0 Å². The SMILES string of the molecule is CN(C)CCNc1ccc(C(=O)NCCc2ccc(Cl)cc2Cl)cn1. The minimum Gasteiger partial charge on any atom is -0.369 e. The van der Waals surface area contributed by atoms with Gasteiger partial charge in [-0.3, -0.25) is 4.79 Å². The first-order valence-corrected chi connectivity index (χ1v) is 8.78. The highest BCUT2D eigenvalue weighted by atomic mass is 35.5. The lowest BCUT2D eigenvalue weighted by atomic mass is 10.1. The van der Waals surface area contributed by atoms with E-state index in [0.29, 0.717) is 28.6 Å². The normalized spacial score (nSPS) is 10.8. The van der Waals surface area contributed by atoms with Gasteiger partial charge < -0.3 is 15.5 Å². The van der Waals surface area contributed by atoms with Crippen LogP contribution in [0.4, 0.5) is 5.82 Å². The van der Waals surface area contributed by atoms with Crippen LogP contribution >= 0.6 is 23.2 Å². The molecule has 0 radical (unpaired) electrons. The minimum absolute atomic E-state index is 0.155. The van der Waals surface area contributed by atoms with E-state index < -0.39 is 0 Å². The van der Waals surface area contributed by atoms with Crippen LogP contribution in [0.3, 0.4) is 0 Å². The summed E-state index contributed by atoms with van der Waals surface area (Å²) in [6, 6.07) is 8.92. The van der Waals surface area contributed by atoms with Gasteiger partial charge in [0.25, 0.3) is 5.91 Å². The number of carbonyl (C=O) groups excluding carboxylic acids is 1. The quantitative estimate of drug-likeness (QED) is 0.737. The van der Waals surface area contributed by atoms with Crippen LogP contribution in [0.2, 0.25) is 10.0 Å². The van der Waals surface area contributed by atoms with Gasteiger partial charge in [0.1, 0.15) is 5.82 Å². The van der Waals surface area contributed by atoms with E-state index in [4.69, 9.17) is 23.2 Å². The van der Waals surface area contributed by atoms with Crippen LogP contribution < -0.4 is 10.6 Å². The molecular formula is C18H22Cl2N4O. The second-order valence-corrected chi connectivity index (χ2v) is 6.75. The number of halogens is 2. The van der Waals surface area contributed by atoms with Gasteiger partial charge in [-0.1, -0.05) is 29.3 Å². The maximum absolute atomic E-state index is 12.2. The molecule has 0 saturated heterocycles. The summed E-state index contributed by atoms with van der Waals surface area (Å²) in [6.07, 6.45) is 2.21. The van der Waals surface area contributed by atoms with E-state index in [-0.39, 0.29) is 5.91 Å². The number of hydrogen-bond donors (Lipinski definition) is 2. The Morgan fingerprint density at radius 3 is 2.60 bits per heavy atom. The zero-order chi connectivity index (χ0) is 18.2. The number of aromatic nitrogens is 1. The summed E-state index contributed by atoms with van der Waals surface area (Å²) in [5.41, 5.74) is 1.48. The maximum Gasteiger partial charge on any atom is 0.252 e. The molecule has 2 rings (SSSR count). The highest BCUT2D eigenvalue weighted by molar-refractivity contribution is 6.35. The maximum atomic E-state index is 12.2. The Kier molecular flexibility index (Phi) is 7.50. The van der Waals surface area contributed by atoms with Gasteiger partial charge in [0, 0.05) is 35.9 Å². The van der Waals surface area contributed by atoms with Gasteiger partial charge in [-0.25, -0.2) is 4.98 Å². The van der Waals surface area contributed by atoms with Crippen LogP contribution in [0.15, 0.2) is 36.5 Å².